The lowest BCUT2D eigenvalue weighted by molar-refractivity contribution is -0.287. The first-order chi connectivity index (χ1) is 22.5. The maximum atomic E-state index is 13.0. The number of hydrogen-bond acceptors (Lipinski definition) is 10. The fourth-order valence-electron chi connectivity index (χ4n) is 10.7. The molecule has 48 heavy (non-hydrogen) atoms. The van der Waals surface area contributed by atoms with Crippen LogP contribution in [-0.4, -0.2) is 72.7 Å². The van der Waals surface area contributed by atoms with Gasteiger partial charge >= 0.3 is 23.9 Å². The van der Waals surface area contributed by atoms with Crippen molar-refractivity contribution >= 4 is 23.9 Å². The van der Waals surface area contributed by atoms with Crippen molar-refractivity contribution in [1.82, 2.24) is 0 Å². The Bertz CT molecular complexity index is 1440. The minimum atomic E-state index is -1.28. The average Bonchev–Trinajstić information content (AvgIpc) is 3.44. The average molecular weight is 669 g/mol. The summed E-state index contributed by atoms with van der Waals surface area (Å²) in [7, 11) is 0. The van der Waals surface area contributed by atoms with Gasteiger partial charge in [0.2, 0.25) is 0 Å². The van der Waals surface area contributed by atoms with Gasteiger partial charge in [-0.05, 0) is 67.1 Å². The molecule has 1 saturated heterocycles. The standard InChI is InChI=1S/C38H52O10/c1-22(28-12-10-9-11-13-28)19-38(43)23(2)18-31(46-25(4)40)36(8)29(38)14-15-35(7)30-20-44-21-37(30,16-17-45-24(3)39)34(48-27(6)42)32(33(35)36)47-26(5)41/h9-13,18,22,29-34,43H,14-17,19-21H2,1-8H3/t22-,29-,30+,31-,32+,33?,34+,35+,36-,37+,38-/m1/s1. The summed E-state index contributed by atoms with van der Waals surface area (Å²) in [5.74, 6) is -3.10. The second-order valence-corrected chi connectivity index (χ2v) is 15.3. The van der Waals surface area contributed by atoms with Crippen LogP contribution in [-0.2, 0) is 42.9 Å². The quantitative estimate of drug-likeness (QED) is 0.210. The number of esters is 4. The van der Waals surface area contributed by atoms with Crippen LogP contribution >= 0.6 is 0 Å². The molecule has 10 nitrogen and oxygen atoms in total. The number of rotatable bonds is 9. The van der Waals surface area contributed by atoms with Gasteiger partial charge in [-0.25, -0.2) is 0 Å². The smallest absolute Gasteiger partial charge is 0.303 e. The monoisotopic (exact) mass is 668 g/mol. The van der Waals surface area contributed by atoms with E-state index in [0.29, 0.717) is 32.3 Å². The van der Waals surface area contributed by atoms with Crippen molar-refractivity contribution in [3.8, 4) is 0 Å². The summed E-state index contributed by atoms with van der Waals surface area (Å²) < 4.78 is 30.3. The maximum absolute atomic E-state index is 13.0. The highest BCUT2D eigenvalue weighted by Gasteiger charge is 2.76. The zero-order valence-electron chi connectivity index (χ0n) is 29.6. The van der Waals surface area contributed by atoms with Crippen LogP contribution in [0.5, 0.6) is 0 Å². The molecule has 0 aromatic heterocycles. The first kappa shape index (κ1) is 36.1. The number of benzene rings is 1. The molecule has 1 aliphatic heterocycles. The third-order valence-corrected chi connectivity index (χ3v) is 12.5. The first-order valence-electron chi connectivity index (χ1n) is 17.2. The molecule has 1 heterocycles. The van der Waals surface area contributed by atoms with Crippen LogP contribution < -0.4 is 0 Å². The van der Waals surface area contributed by atoms with Gasteiger partial charge < -0.3 is 28.8 Å². The minimum Gasteiger partial charge on any atom is -0.466 e. The van der Waals surface area contributed by atoms with Crippen LogP contribution in [0, 0.1) is 34.0 Å². The second-order valence-electron chi connectivity index (χ2n) is 15.3. The Kier molecular flexibility index (Phi) is 9.94. The first-order valence-corrected chi connectivity index (χ1v) is 17.2. The van der Waals surface area contributed by atoms with Gasteiger partial charge in [0.15, 0.2) is 0 Å². The van der Waals surface area contributed by atoms with E-state index in [1.54, 1.807) is 0 Å². The zero-order chi connectivity index (χ0) is 35.2. The van der Waals surface area contributed by atoms with Crippen molar-refractivity contribution in [3.63, 3.8) is 0 Å². The van der Waals surface area contributed by atoms with Gasteiger partial charge in [0.25, 0.3) is 0 Å². The predicted molar refractivity (Wildman–Crippen MR) is 175 cm³/mol. The summed E-state index contributed by atoms with van der Waals surface area (Å²) in [6.07, 6.45) is 1.21. The highest BCUT2D eigenvalue weighted by molar-refractivity contribution is 5.68. The molecule has 1 aromatic carbocycles. The third kappa shape index (κ3) is 5.97. The molecule has 10 heteroatoms. The van der Waals surface area contributed by atoms with Gasteiger partial charge in [-0.2, -0.15) is 0 Å². The molecule has 3 fully saturated rings. The van der Waals surface area contributed by atoms with E-state index < -0.39 is 75.9 Å². The molecule has 0 radical (unpaired) electrons. The van der Waals surface area contributed by atoms with Crippen molar-refractivity contribution in [2.75, 3.05) is 19.8 Å². The zero-order valence-corrected chi connectivity index (χ0v) is 29.6. The Hall–Kier alpha value is -3.24. The molecule has 0 spiro atoms. The number of ether oxygens (including phenoxy) is 5. The molecule has 1 N–H and O–H groups in total. The fraction of sp³-hybridized carbons (Fsp3) is 0.684. The van der Waals surface area contributed by atoms with E-state index in [2.05, 4.69) is 26.0 Å². The molecule has 1 unspecified atom stereocenters. The Labute approximate surface area is 283 Å². The van der Waals surface area contributed by atoms with Crippen LogP contribution in [0.15, 0.2) is 42.0 Å². The van der Waals surface area contributed by atoms with Crippen LogP contribution in [0.1, 0.15) is 92.6 Å². The molecule has 264 valence electrons. The normalized spacial score (nSPS) is 39.1. The largest absolute Gasteiger partial charge is 0.466 e. The lowest BCUT2D eigenvalue weighted by atomic mass is 9.36. The molecule has 2 saturated carbocycles. The maximum Gasteiger partial charge on any atom is 0.303 e. The van der Waals surface area contributed by atoms with E-state index >= 15 is 0 Å². The van der Waals surface area contributed by atoms with Crippen molar-refractivity contribution < 1.29 is 48.0 Å². The van der Waals surface area contributed by atoms with Gasteiger partial charge in [0, 0.05) is 50.4 Å². The number of aliphatic hydroxyl groups is 1. The van der Waals surface area contributed by atoms with Gasteiger partial charge in [-0.3, -0.25) is 19.2 Å². The van der Waals surface area contributed by atoms with Crippen LogP contribution in [0.3, 0.4) is 0 Å². The molecule has 0 bridgehead atoms. The highest BCUT2D eigenvalue weighted by atomic mass is 16.6. The van der Waals surface area contributed by atoms with Gasteiger partial charge in [0.05, 0.1) is 25.4 Å². The van der Waals surface area contributed by atoms with Crippen molar-refractivity contribution in [2.24, 2.45) is 34.0 Å². The topological polar surface area (TPSA) is 135 Å². The van der Waals surface area contributed by atoms with E-state index in [4.69, 9.17) is 23.7 Å². The van der Waals surface area contributed by atoms with E-state index in [1.807, 2.05) is 38.1 Å². The number of carbonyl (C=O) groups is 4. The van der Waals surface area contributed by atoms with E-state index in [0.717, 1.165) is 11.1 Å². The second kappa shape index (κ2) is 13.2. The van der Waals surface area contributed by atoms with Gasteiger partial charge in [-0.1, -0.05) is 51.1 Å². The van der Waals surface area contributed by atoms with Gasteiger partial charge in [-0.15, -0.1) is 0 Å². The molecule has 1 aromatic rings. The lowest BCUT2D eigenvalue weighted by Gasteiger charge is -2.70. The SMILES string of the molecule is CC(=O)OCC[C@]12COC[C@H]1[C@]1(C)CC[C@@H]3[C@@](C)(C1[C@H](OC(C)=O)[C@@H]2OC(C)=O)[C@H](OC(C)=O)C=C(C)[C@]3(O)C[C@@H](C)c1ccccc1. The molecule has 3 aliphatic carbocycles. The summed E-state index contributed by atoms with van der Waals surface area (Å²) in [5.41, 5.74) is -1.82. The number of fused-ring (bicyclic) bond motifs is 5. The summed E-state index contributed by atoms with van der Waals surface area (Å²) in [5, 5.41) is 13.0. The predicted octanol–water partition coefficient (Wildman–Crippen LogP) is 5.30. The molecular weight excluding hydrogens is 616 g/mol. The summed E-state index contributed by atoms with van der Waals surface area (Å²) in [6.45, 7) is 14.3. The molecule has 4 aliphatic rings. The summed E-state index contributed by atoms with van der Waals surface area (Å²) in [6, 6.07) is 10.1. The van der Waals surface area contributed by atoms with E-state index in [1.165, 1.54) is 27.7 Å². The Morgan fingerprint density at radius 2 is 1.58 bits per heavy atom. The summed E-state index contributed by atoms with van der Waals surface area (Å²) >= 11 is 0. The highest BCUT2D eigenvalue weighted by Crippen LogP contribution is 2.72. The number of hydrogen-bond donors (Lipinski definition) is 1. The molecule has 0 amide bonds. The lowest BCUT2D eigenvalue weighted by Crippen LogP contribution is -2.74. The Morgan fingerprint density at radius 3 is 2.19 bits per heavy atom. The number of carbonyl (C=O) groups excluding carboxylic acids is 4. The minimum absolute atomic E-state index is 0.00367. The van der Waals surface area contributed by atoms with Crippen molar-refractivity contribution in [3.05, 3.63) is 47.5 Å². The summed E-state index contributed by atoms with van der Waals surface area (Å²) in [4.78, 5) is 50.5. The fourth-order valence-corrected chi connectivity index (χ4v) is 10.7. The Balaban J connectivity index is 1.71. The Morgan fingerprint density at radius 1 is 0.938 bits per heavy atom. The van der Waals surface area contributed by atoms with Crippen LogP contribution in [0.4, 0.5) is 0 Å². The molecule has 11 atom stereocenters. The van der Waals surface area contributed by atoms with E-state index in [9.17, 15) is 24.3 Å². The van der Waals surface area contributed by atoms with Crippen molar-refractivity contribution in [1.29, 1.82) is 0 Å². The molecule has 5 rings (SSSR count). The van der Waals surface area contributed by atoms with E-state index in [-0.39, 0.29) is 25.0 Å². The van der Waals surface area contributed by atoms with Gasteiger partial charge in [0.1, 0.15) is 18.3 Å². The van der Waals surface area contributed by atoms with Crippen LogP contribution in [0.25, 0.3) is 0 Å². The molecular formula is C38H52O10. The third-order valence-electron chi connectivity index (χ3n) is 12.5. The van der Waals surface area contributed by atoms with Crippen molar-refractivity contribution in [2.45, 2.75) is 111 Å². The van der Waals surface area contributed by atoms with Crippen LogP contribution in [0.2, 0.25) is 0 Å².